The number of carbonyl (C=O) groups is 1. The van der Waals surface area contributed by atoms with Crippen molar-refractivity contribution in [1.29, 1.82) is 0 Å². The summed E-state index contributed by atoms with van der Waals surface area (Å²) in [7, 11) is 0. The van der Waals surface area contributed by atoms with Gasteiger partial charge in [0.05, 0.1) is 17.7 Å². The van der Waals surface area contributed by atoms with Crippen LogP contribution in [0.3, 0.4) is 0 Å². The number of hydrogen-bond donors (Lipinski definition) is 2. The number of anilines is 1. The molecule has 170 valence electrons. The third-order valence-electron chi connectivity index (χ3n) is 6.10. The van der Waals surface area contributed by atoms with Crippen LogP contribution in [0.25, 0.3) is 11.0 Å². The highest BCUT2D eigenvalue weighted by molar-refractivity contribution is 5.74. The number of aliphatic hydroxyl groups excluding tert-OH is 1. The fourth-order valence-electron chi connectivity index (χ4n) is 4.34. The molecule has 1 saturated carbocycles. The van der Waals surface area contributed by atoms with Crippen LogP contribution in [0.4, 0.5) is 10.7 Å². The first-order valence-electron chi connectivity index (χ1n) is 11.4. The third kappa shape index (κ3) is 5.64. The Hall–Kier alpha value is -2.42. The van der Waals surface area contributed by atoms with Crippen molar-refractivity contribution >= 4 is 23.1 Å². The van der Waals surface area contributed by atoms with Gasteiger partial charge in [-0.2, -0.15) is 10.1 Å². The van der Waals surface area contributed by atoms with Crippen molar-refractivity contribution < 1.29 is 14.6 Å². The van der Waals surface area contributed by atoms with Crippen LogP contribution in [-0.4, -0.2) is 66.7 Å². The van der Waals surface area contributed by atoms with Gasteiger partial charge in [-0.25, -0.2) is 14.5 Å². The van der Waals surface area contributed by atoms with Gasteiger partial charge in [0, 0.05) is 31.9 Å². The number of likely N-dealkylation sites (tertiary alicyclic amines) is 1. The van der Waals surface area contributed by atoms with Crippen LogP contribution in [0, 0.1) is 5.92 Å². The summed E-state index contributed by atoms with van der Waals surface area (Å²) in [6.07, 6.45) is 8.56. The Morgan fingerprint density at radius 2 is 1.87 bits per heavy atom. The number of nitrogens with zero attached hydrogens (tertiary/aromatic N) is 5. The number of rotatable bonds is 4. The van der Waals surface area contributed by atoms with E-state index in [-0.39, 0.29) is 12.2 Å². The van der Waals surface area contributed by atoms with Crippen LogP contribution in [0.2, 0.25) is 0 Å². The van der Waals surface area contributed by atoms with Gasteiger partial charge >= 0.3 is 6.09 Å². The van der Waals surface area contributed by atoms with Crippen molar-refractivity contribution in [3.63, 3.8) is 0 Å². The molecule has 1 amide bonds. The summed E-state index contributed by atoms with van der Waals surface area (Å²) in [4.78, 5) is 23.3. The fraction of sp³-hybridized carbons (Fsp3) is 0.727. The second-order valence-electron chi connectivity index (χ2n) is 9.86. The number of fused-ring (bicyclic) bond motifs is 1. The maximum atomic E-state index is 12.3. The minimum atomic E-state index is -0.467. The van der Waals surface area contributed by atoms with E-state index < -0.39 is 5.60 Å². The molecule has 0 unspecified atom stereocenters. The van der Waals surface area contributed by atoms with Crippen LogP contribution in [0.1, 0.15) is 59.3 Å². The molecule has 31 heavy (non-hydrogen) atoms. The van der Waals surface area contributed by atoms with E-state index in [1.807, 2.05) is 37.8 Å². The molecular weight excluding hydrogens is 396 g/mol. The summed E-state index contributed by atoms with van der Waals surface area (Å²) in [5, 5.41) is 18.6. The first kappa shape index (κ1) is 21.8. The summed E-state index contributed by atoms with van der Waals surface area (Å²) >= 11 is 0. The van der Waals surface area contributed by atoms with Gasteiger partial charge in [0.25, 0.3) is 0 Å². The third-order valence-corrected chi connectivity index (χ3v) is 6.10. The first-order chi connectivity index (χ1) is 14.8. The Balaban J connectivity index is 1.35. The molecule has 3 heterocycles. The lowest BCUT2D eigenvalue weighted by atomic mass is 9.93. The van der Waals surface area contributed by atoms with Gasteiger partial charge < -0.3 is 20.1 Å². The quantitative estimate of drug-likeness (QED) is 0.767. The lowest BCUT2D eigenvalue weighted by Crippen LogP contribution is -2.42. The molecule has 2 fully saturated rings. The molecule has 1 aliphatic heterocycles. The summed E-state index contributed by atoms with van der Waals surface area (Å²) in [6.45, 7) is 7.86. The summed E-state index contributed by atoms with van der Waals surface area (Å²) in [6, 6.07) is 0.300. The lowest BCUT2D eigenvalue weighted by Gasteiger charge is -2.33. The Labute approximate surface area is 183 Å². The highest BCUT2D eigenvalue weighted by Crippen LogP contribution is 2.24. The number of amides is 1. The molecule has 0 bridgehead atoms. The number of carbonyl (C=O) groups excluding carboxylic acids is 1. The molecule has 1 saturated heterocycles. The molecule has 4 rings (SSSR count). The molecule has 9 heteroatoms. The second kappa shape index (κ2) is 8.98. The van der Waals surface area contributed by atoms with Gasteiger partial charge in [-0.15, -0.1) is 0 Å². The molecule has 9 nitrogen and oxygen atoms in total. The summed E-state index contributed by atoms with van der Waals surface area (Å²) < 4.78 is 7.45. The Morgan fingerprint density at radius 1 is 1.16 bits per heavy atom. The van der Waals surface area contributed by atoms with Crippen LogP contribution in [0.15, 0.2) is 12.4 Å². The van der Waals surface area contributed by atoms with E-state index in [0.717, 1.165) is 56.1 Å². The Morgan fingerprint density at radius 3 is 2.55 bits per heavy atom. The SMILES string of the molecule is CC(C)(C)OC(=O)N1CCC(Cn2ncc3cnc(NC4CCC(O)CC4)nc32)CC1. The number of nitrogens with one attached hydrogen (secondary N) is 1. The molecule has 0 radical (unpaired) electrons. The topological polar surface area (TPSA) is 105 Å². The van der Waals surface area contributed by atoms with Crippen molar-refractivity contribution in [3.8, 4) is 0 Å². The highest BCUT2D eigenvalue weighted by Gasteiger charge is 2.27. The van der Waals surface area contributed by atoms with Crippen molar-refractivity contribution in [2.45, 2.75) is 83.6 Å². The van der Waals surface area contributed by atoms with Crippen molar-refractivity contribution in [2.24, 2.45) is 5.92 Å². The van der Waals surface area contributed by atoms with Gasteiger partial charge in [0.2, 0.25) is 5.95 Å². The first-order valence-corrected chi connectivity index (χ1v) is 11.4. The van der Waals surface area contributed by atoms with Gasteiger partial charge in [0.15, 0.2) is 5.65 Å². The van der Waals surface area contributed by atoms with Gasteiger partial charge in [-0.1, -0.05) is 0 Å². The molecule has 0 spiro atoms. The largest absolute Gasteiger partial charge is 0.444 e. The van der Waals surface area contributed by atoms with E-state index in [1.54, 1.807) is 4.90 Å². The molecule has 2 aliphatic rings. The smallest absolute Gasteiger partial charge is 0.410 e. The highest BCUT2D eigenvalue weighted by atomic mass is 16.6. The molecule has 2 N–H and O–H groups in total. The van der Waals surface area contributed by atoms with E-state index in [9.17, 15) is 9.90 Å². The molecule has 2 aromatic rings. The Kier molecular flexibility index (Phi) is 6.31. The minimum absolute atomic E-state index is 0.176. The molecule has 2 aromatic heterocycles. The van der Waals surface area contributed by atoms with Crippen LogP contribution in [-0.2, 0) is 11.3 Å². The van der Waals surface area contributed by atoms with E-state index in [4.69, 9.17) is 9.72 Å². The molecule has 0 aromatic carbocycles. The van der Waals surface area contributed by atoms with E-state index in [0.29, 0.717) is 31.0 Å². The van der Waals surface area contributed by atoms with E-state index >= 15 is 0 Å². The predicted octanol–water partition coefficient (Wildman–Crippen LogP) is 3.19. The van der Waals surface area contributed by atoms with Crippen LogP contribution in [0.5, 0.6) is 0 Å². The second-order valence-corrected chi connectivity index (χ2v) is 9.86. The Bertz CT molecular complexity index is 892. The van der Waals surface area contributed by atoms with Gasteiger partial charge in [0.1, 0.15) is 5.60 Å². The summed E-state index contributed by atoms with van der Waals surface area (Å²) in [5.41, 5.74) is 0.369. The van der Waals surface area contributed by atoms with E-state index in [1.165, 1.54) is 0 Å². The number of ether oxygens (including phenoxy) is 1. The average Bonchev–Trinajstić information content (AvgIpc) is 3.11. The fourth-order valence-corrected chi connectivity index (χ4v) is 4.34. The van der Waals surface area contributed by atoms with Gasteiger partial charge in [-0.3, -0.25) is 0 Å². The van der Waals surface area contributed by atoms with E-state index in [2.05, 4.69) is 15.4 Å². The molecule has 0 atom stereocenters. The lowest BCUT2D eigenvalue weighted by molar-refractivity contribution is 0.0177. The number of aromatic nitrogens is 4. The minimum Gasteiger partial charge on any atom is -0.444 e. The van der Waals surface area contributed by atoms with Gasteiger partial charge in [-0.05, 0) is 65.2 Å². The summed E-state index contributed by atoms with van der Waals surface area (Å²) in [5.74, 6) is 1.06. The standard InChI is InChI=1S/C22H34N6O3/c1-22(2,3)31-21(30)27-10-8-15(9-11-27)14-28-19-16(13-24-28)12-23-20(26-19)25-17-4-6-18(29)7-5-17/h12-13,15,17-18,29H,4-11,14H2,1-3H3,(H,23,25,26). The number of piperidine rings is 1. The molecule has 1 aliphatic carbocycles. The van der Waals surface area contributed by atoms with Crippen LogP contribution >= 0.6 is 0 Å². The van der Waals surface area contributed by atoms with Crippen molar-refractivity contribution in [2.75, 3.05) is 18.4 Å². The van der Waals surface area contributed by atoms with Crippen molar-refractivity contribution in [1.82, 2.24) is 24.6 Å². The zero-order chi connectivity index (χ0) is 22.0. The van der Waals surface area contributed by atoms with Crippen molar-refractivity contribution in [3.05, 3.63) is 12.4 Å². The van der Waals surface area contributed by atoms with Crippen LogP contribution < -0.4 is 5.32 Å². The number of hydrogen-bond acceptors (Lipinski definition) is 7. The maximum absolute atomic E-state index is 12.3. The monoisotopic (exact) mass is 430 g/mol. The molecular formula is C22H34N6O3. The zero-order valence-electron chi connectivity index (χ0n) is 18.8. The zero-order valence-corrected chi connectivity index (χ0v) is 18.8. The number of aliphatic hydroxyl groups is 1. The maximum Gasteiger partial charge on any atom is 0.410 e. The predicted molar refractivity (Wildman–Crippen MR) is 118 cm³/mol. The average molecular weight is 431 g/mol. The normalized spacial score (nSPS) is 23.2.